The first-order valence-corrected chi connectivity index (χ1v) is 4.96. The summed E-state index contributed by atoms with van der Waals surface area (Å²) in [7, 11) is 0. The number of nitrogens with two attached hydrogens (primary N) is 1. The van der Waals surface area contributed by atoms with E-state index in [2.05, 4.69) is 0 Å². The molecule has 1 heterocycles. The van der Waals surface area contributed by atoms with Crippen molar-refractivity contribution >= 4 is 38.9 Å². The summed E-state index contributed by atoms with van der Waals surface area (Å²) in [6.07, 6.45) is 0. The van der Waals surface area contributed by atoms with E-state index >= 15 is 0 Å². The first-order valence-electron chi connectivity index (χ1n) is 3.77. The number of amides is 1. The van der Waals surface area contributed by atoms with Gasteiger partial charge in [-0.15, -0.1) is 11.3 Å². The Balaban J connectivity index is 2.77. The molecule has 0 unspecified atom stereocenters. The minimum Gasteiger partial charge on any atom is -0.365 e. The van der Waals surface area contributed by atoms with Crippen LogP contribution in [0, 0.1) is 5.82 Å². The highest BCUT2D eigenvalue weighted by Crippen LogP contribution is 2.33. The van der Waals surface area contributed by atoms with Gasteiger partial charge < -0.3 is 5.73 Å². The van der Waals surface area contributed by atoms with Crippen LogP contribution in [0.15, 0.2) is 18.2 Å². The lowest BCUT2D eigenvalue weighted by Crippen LogP contribution is -2.07. The third-order valence-electron chi connectivity index (χ3n) is 1.82. The number of hydrogen-bond acceptors (Lipinski definition) is 2. The van der Waals surface area contributed by atoms with Gasteiger partial charge in [0, 0.05) is 0 Å². The van der Waals surface area contributed by atoms with Crippen LogP contribution in [0.4, 0.5) is 4.39 Å². The minimum absolute atomic E-state index is 0.0417. The van der Waals surface area contributed by atoms with Crippen molar-refractivity contribution in [1.82, 2.24) is 0 Å². The van der Waals surface area contributed by atoms with Gasteiger partial charge in [0.25, 0.3) is 5.91 Å². The van der Waals surface area contributed by atoms with Crippen LogP contribution in [0.1, 0.15) is 9.67 Å². The molecule has 14 heavy (non-hydrogen) atoms. The van der Waals surface area contributed by atoms with Gasteiger partial charge in [-0.25, -0.2) is 4.39 Å². The van der Waals surface area contributed by atoms with E-state index in [-0.39, 0.29) is 5.02 Å². The number of thiophene rings is 1. The first kappa shape index (κ1) is 9.43. The molecular weight excluding hydrogens is 225 g/mol. The highest BCUT2D eigenvalue weighted by atomic mass is 35.5. The maximum atomic E-state index is 13.0. The molecule has 0 atom stereocenters. The number of rotatable bonds is 1. The van der Waals surface area contributed by atoms with Crippen molar-refractivity contribution in [2.45, 2.75) is 0 Å². The molecule has 0 bridgehead atoms. The lowest BCUT2D eigenvalue weighted by atomic mass is 10.2. The highest BCUT2D eigenvalue weighted by Gasteiger charge is 2.11. The van der Waals surface area contributed by atoms with Gasteiger partial charge in [0.2, 0.25) is 0 Å². The molecule has 0 aliphatic heterocycles. The molecule has 2 rings (SSSR count). The van der Waals surface area contributed by atoms with Gasteiger partial charge in [-0.05, 0) is 17.5 Å². The predicted molar refractivity (Wildman–Crippen MR) is 55.3 cm³/mol. The number of halogens is 2. The van der Waals surface area contributed by atoms with E-state index in [0.29, 0.717) is 9.58 Å². The average molecular weight is 230 g/mol. The van der Waals surface area contributed by atoms with E-state index in [0.717, 1.165) is 16.7 Å². The zero-order chi connectivity index (χ0) is 10.3. The van der Waals surface area contributed by atoms with Crippen LogP contribution >= 0.6 is 22.9 Å². The van der Waals surface area contributed by atoms with Gasteiger partial charge in [0.1, 0.15) is 5.82 Å². The molecular formula is C9H5ClFNOS. The van der Waals surface area contributed by atoms with Crippen molar-refractivity contribution in [2.75, 3.05) is 0 Å². The Morgan fingerprint density at radius 1 is 1.50 bits per heavy atom. The van der Waals surface area contributed by atoms with Crippen LogP contribution in [0.5, 0.6) is 0 Å². The second-order valence-corrected chi connectivity index (χ2v) is 4.18. The van der Waals surface area contributed by atoms with Crippen molar-refractivity contribution in [3.63, 3.8) is 0 Å². The summed E-state index contributed by atoms with van der Waals surface area (Å²) in [5.74, 6) is -1.01. The summed E-state index contributed by atoms with van der Waals surface area (Å²) in [5.41, 5.74) is 5.10. The SMILES string of the molecule is NC(=O)c1cc2ccc(F)c(Cl)c2s1. The molecule has 2 aromatic rings. The third-order valence-corrected chi connectivity index (χ3v) is 3.49. The number of hydrogen-bond donors (Lipinski definition) is 1. The molecule has 0 saturated heterocycles. The lowest BCUT2D eigenvalue weighted by molar-refractivity contribution is 0.100. The summed E-state index contributed by atoms with van der Waals surface area (Å²) in [6, 6.07) is 4.44. The normalized spacial score (nSPS) is 10.7. The molecule has 0 aliphatic carbocycles. The fourth-order valence-electron chi connectivity index (χ4n) is 1.17. The molecule has 0 fully saturated rings. The smallest absolute Gasteiger partial charge is 0.258 e. The Hall–Kier alpha value is -1.13. The van der Waals surface area contributed by atoms with E-state index in [1.807, 2.05) is 0 Å². The van der Waals surface area contributed by atoms with Crippen molar-refractivity contribution in [3.05, 3.63) is 33.9 Å². The molecule has 2 nitrogen and oxygen atoms in total. The zero-order valence-electron chi connectivity index (χ0n) is 6.88. The fraction of sp³-hybridized carbons (Fsp3) is 0. The molecule has 0 aliphatic rings. The van der Waals surface area contributed by atoms with E-state index in [4.69, 9.17) is 17.3 Å². The minimum atomic E-state index is -0.525. The lowest BCUT2D eigenvalue weighted by Gasteiger charge is -1.93. The van der Waals surface area contributed by atoms with E-state index in [1.165, 1.54) is 6.07 Å². The summed E-state index contributed by atoms with van der Waals surface area (Å²) in [6.45, 7) is 0. The Bertz CT molecular complexity index is 523. The average Bonchev–Trinajstić information content (AvgIpc) is 2.56. The molecule has 0 radical (unpaired) electrons. The first-order chi connectivity index (χ1) is 6.59. The number of primary amides is 1. The van der Waals surface area contributed by atoms with Gasteiger partial charge in [-0.2, -0.15) is 0 Å². The van der Waals surface area contributed by atoms with Crippen molar-refractivity contribution in [2.24, 2.45) is 5.73 Å². The molecule has 0 saturated carbocycles. The molecule has 1 aromatic heterocycles. The van der Waals surface area contributed by atoms with E-state index < -0.39 is 11.7 Å². The Labute approximate surface area is 88.1 Å². The van der Waals surface area contributed by atoms with Crippen LogP contribution in [0.2, 0.25) is 5.02 Å². The van der Waals surface area contributed by atoms with Crippen molar-refractivity contribution in [3.8, 4) is 0 Å². The number of carbonyl (C=O) groups is 1. The number of fused-ring (bicyclic) bond motifs is 1. The van der Waals surface area contributed by atoms with Crippen LogP contribution < -0.4 is 5.73 Å². The van der Waals surface area contributed by atoms with Crippen molar-refractivity contribution < 1.29 is 9.18 Å². The third kappa shape index (κ3) is 1.36. The highest BCUT2D eigenvalue weighted by molar-refractivity contribution is 7.21. The predicted octanol–water partition coefficient (Wildman–Crippen LogP) is 2.79. The van der Waals surface area contributed by atoms with Gasteiger partial charge >= 0.3 is 0 Å². The zero-order valence-corrected chi connectivity index (χ0v) is 8.45. The monoisotopic (exact) mass is 229 g/mol. The molecule has 1 aromatic carbocycles. The summed E-state index contributed by atoms with van der Waals surface area (Å²) < 4.78 is 13.6. The summed E-state index contributed by atoms with van der Waals surface area (Å²) in [5, 5.41) is 0.773. The van der Waals surface area contributed by atoms with Gasteiger partial charge in [-0.3, -0.25) is 4.79 Å². The topological polar surface area (TPSA) is 43.1 Å². The van der Waals surface area contributed by atoms with Crippen LogP contribution in [-0.4, -0.2) is 5.91 Å². The van der Waals surface area contributed by atoms with Gasteiger partial charge in [0.15, 0.2) is 0 Å². The van der Waals surface area contributed by atoms with Crippen LogP contribution in [0.25, 0.3) is 10.1 Å². The number of carbonyl (C=O) groups excluding carboxylic acids is 1. The fourth-order valence-corrected chi connectivity index (χ4v) is 2.39. The molecule has 5 heteroatoms. The Kier molecular flexibility index (Phi) is 2.17. The molecule has 72 valence electrons. The molecule has 2 N–H and O–H groups in total. The standard InChI is InChI=1S/C9H5ClFNOS/c10-7-5(11)2-1-4-3-6(9(12)13)14-8(4)7/h1-3H,(H2,12,13). The van der Waals surface area contributed by atoms with Crippen LogP contribution in [0.3, 0.4) is 0 Å². The maximum absolute atomic E-state index is 13.0. The van der Waals surface area contributed by atoms with Gasteiger partial charge in [0.05, 0.1) is 14.6 Å². The maximum Gasteiger partial charge on any atom is 0.258 e. The number of benzene rings is 1. The van der Waals surface area contributed by atoms with Crippen LogP contribution in [-0.2, 0) is 0 Å². The molecule has 1 amide bonds. The summed E-state index contributed by atoms with van der Waals surface area (Å²) >= 11 is 6.83. The van der Waals surface area contributed by atoms with Gasteiger partial charge in [-0.1, -0.05) is 17.7 Å². The summed E-state index contributed by atoms with van der Waals surface area (Å²) in [4.78, 5) is 11.2. The Morgan fingerprint density at radius 2 is 2.21 bits per heavy atom. The van der Waals surface area contributed by atoms with E-state index in [1.54, 1.807) is 12.1 Å². The quantitative estimate of drug-likeness (QED) is 0.803. The molecule has 0 spiro atoms. The van der Waals surface area contributed by atoms with Crippen molar-refractivity contribution in [1.29, 1.82) is 0 Å². The second-order valence-electron chi connectivity index (χ2n) is 2.75. The second kappa shape index (κ2) is 3.22. The Morgan fingerprint density at radius 3 is 2.86 bits per heavy atom. The largest absolute Gasteiger partial charge is 0.365 e. The van der Waals surface area contributed by atoms with E-state index in [9.17, 15) is 9.18 Å².